The molecule has 1 aliphatic heterocycles. The SMILES string of the molecule is CCCC[C@@]1(c2cccc(O)c2)CCCCN(C)C1=O. The first-order valence-electron chi connectivity index (χ1n) is 7.65. The number of benzene rings is 1. The molecule has 0 bridgehead atoms. The maximum absolute atomic E-state index is 12.9. The van der Waals surface area contributed by atoms with Crippen molar-refractivity contribution in [2.24, 2.45) is 0 Å². The van der Waals surface area contributed by atoms with Crippen molar-refractivity contribution >= 4 is 5.91 Å². The first-order chi connectivity index (χ1) is 9.60. The van der Waals surface area contributed by atoms with Crippen molar-refractivity contribution in [3.63, 3.8) is 0 Å². The lowest BCUT2D eigenvalue weighted by Crippen LogP contribution is -2.44. The van der Waals surface area contributed by atoms with Gasteiger partial charge in [0.1, 0.15) is 5.75 Å². The molecular weight excluding hydrogens is 250 g/mol. The summed E-state index contributed by atoms with van der Waals surface area (Å²) in [5.74, 6) is 0.465. The molecule has 0 radical (unpaired) electrons. The van der Waals surface area contributed by atoms with E-state index in [0.717, 1.165) is 50.6 Å². The molecule has 0 unspecified atom stereocenters. The minimum absolute atomic E-state index is 0.217. The summed E-state index contributed by atoms with van der Waals surface area (Å²) in [7, 11) is 1.90. The van der Waals surface area contributed by atoms with Gasteiger partial charge in [-0.3, -0.25) is 4.79 Å². The standard InChI is InChI=1S/C17H25NO2/c1-3-4-10-17(14-8-7-9-15(19)13-14)11-5-6-12-18(2)16(17)20/h7-9,13,19H,3-6,10-12H2,1-2H3/t17-/m0/s1. The number of rotatable bonds is 4. The topological polar surface area (TPSA) is 40.5 Å². The molecule has 1 aromatic carbocycles. The van der Waals surface area contributed by atoms with E-state index in [0.29, 0.717) is 0 Å². The molecule has 110 valence electrons. The minimum atomic E-state index is -0.444. The maximum atomic E-state index is 12.9. The number of phenols is 1. The lowest BCUT2D eigenvalue weighted by Gasteiger charge is -2.34. The molecule has 3 nitrogen and oxygen atoms in total. The Morgan fingerprint density at radius 3 is 2.85 bits per heavy atom. The summed E-state index contributed by atoms with van der Waals surface area (Å²) in [6, 6.07) is 7.28. The molecule has 0 aliphatic carbocycles. The van der Waals surface area contributed by atoms with Crippen molar-refractivity contribution in [3.05, 3.63) is 29.8 Å². The van der Waals surface area contributed by atoms with Crippen LogP contribution in [0.3, 0.4) is 0 Å². The number of likely N-dealkylation sites (N-methyl/N-ethyl adjacent to an activating group) is 1. The summed E-state index contributed by atoms with van der Waals surface area (Å²) < 4.78 is 0. The highest BCUT2D eigenvalue weighted by Gasteiger charge is 2.42. The zero-order chi connectivity index (χ0) is 14.6. The number of phenolic OH excluding ortho intramolecular Hbond substituents is 1. The molecular formula is C17H25NO2. The van der Waals surface area contributed by atoms with Gasteiger partial charge < -0.3 is 10.0 Å². The van der Waals surface area contributed by atoms with Gasteiger partial charge in [-0.2, -0.15) is 0 Å². The summed E-state index contributed by atoms with van der Waals surface area (Å²) >= 11 is 0. The van der Waals surface area contributed by atoms with E-state index in [9.17, 15) is 9.90 Å². The maximum Gasteiger partial charge on any atom is 0.232 e. The quantitative estimate of drug-likeness (QED) is 0.914. The van der Waals surface area contributed by atoms with Gasteiger partial charge in [0.2, 0.25) is 5.91 Å². The molecule has 1 aromatic rings. The highest BCUT2D eigenvalue weighted by atomic mass is 16.3. The predicted octanol–water partition coefficient (Wildman–Crippen LogP) is 3.46. The van der Waals surface area contributed by atoms with E-state index in [1.165, 1.54) is 0 Å². The van der Waals surface area contributed by atoms with Crippen molar-refractivity contribution in [2.75, 3.05) is 13.6 Å². The van der Waals surface area contributed by atoms with Crippen LogP contribution in [0.4, 0.5) is 0 Å². The van der Waals surface area contributed by atoms with Crippen molar-refractivity contribution < 1.29 is 9.90 Å². The van der Waals surface area contributed by atoms with Crippen LogP contribution in [-0.4, -0.2) is 29.5 Å². The third-order valence-electron chi connectivity index (χ3n) is 4.46. The second-order valence-corrected chi connectivity index (χ2v) is 5.92. The second kappa shape index (κ2) is 6.29. The predicted molar refractivity (Wildman–Crippen MR) is 80.8 cm³/mol. The minimum Gasteiger partial charge on any atom is -0.508 e. The van der Waals surface area contributed by atoms with E-state index in [4.69, 9.17) is 0 Å². The van der Waals surface area contributed by atoms with Crippen LogP contribution in [0.15, 0.2) is 24.3 Å². The normalized spacial score (nSPS) is 23.7. The number of hydrogen-bond donors (Lipinski definition) is 1. The van der Waals surface area contributed by atoms with Crippen LogP contribution < -0.4 is 0 Å². The van der Waals surface area contributed by atoms with Crippen molar-refractivity contribution in [1.29, 1.82) is 0 Å². The smallest absolute Gasteiger partial charge is 0.232 e. The van der Waals surface area contributed by atoms with Gasteiger partial charge in [0.15, 0.2) is 0 Å². The number of carbonyl (C=O) groups excluding carboxylic acids is 1. The van der Waals surface area contributed by atoms with Crippen LogP contribution in [-0.2, 0) is 10.2 Å². The van der Waals surface area contributed by atoms with Gasteiger partial charge in [0, 0.05) is 13.6 Å². The molecule has 1 saturated heterocycles. The number of likely N-dealkylation sites (tertiary alicyclic amines) is 1. The molecule has 1 aliphatic rings. The molecule has 1 atom stereocenters. The third-order valence-corrected chi connectivity index (χ3v) is 4.46. The fourth-order valence-corrected chi connectivity index (χ4v) is 3.28. The molecule has 3 heteroatoms. The summed E-state index contributed by atoms with van der Waals surface area (Å²) in [4.78, 5) is 14.8. The number of carbonyl (C=O) groups is 1. The van der Waals surface area contributed by atoms with Crippen molar-refractivity contribution in [1.82, 2.24) is 4.90 Å². The van der Waals surface area contributed by atoms with E-state index < -0.39 is 5.41 Å². The Labute approximate surface area is 121 Å². The van der Waals surface area contributed by atoms with E-state index in [2.05, 4.69) is 6.92 Å². The Balaban J connectivity index is 2.45. The van der Waals surface area contributed by atoms with Crippen molar-refractivity contribution in [2.45, 2.75) is 50.9 Å². The van der Waals surface area contributed by atoms with Gasteiger partial charge >= 0.3 is 0 Å². The molecule has 1 heterocycles. The second-order valence-electron chi connectivity index (χ2n) is 5.92. The van der Waals surface area contributed by atoms with E-state index >= 15 is 0 Å². The van der Waals surface area contributed by atoms with E-state index in [-0.39, 0.29) is 11.7 Å². The van der Waals surface area contributed by atoms with E-state index in [1.807, 2.05) is 24.1 Å². The zero-order valence-corrected chi connectivity index (χ0v) is 12.6. The highest BCUT2D eigenvalue weighted by Crippen LogP contribution is 2.39. The summed E-state index contributed by atoms with van der Waals surface area (Å²) in [6.07, 6.45) is 6.01. The lowest BCUT2D eigenvalue weighted by molar-refractivity contribution is -0.136. The zero-order valence-electron chi connectivity index (χ0n) is 12.6. The first kappa shape index (κ1) is 14.9. The molecule has 2 rings (SSSR count). The Hall–Kier alpha value is -1.51. The Morgan fingerprint density at radius 1 is 1.35 bits per heavy atom. The van der Waals surface area contributed by atoms with Crippen LogP contribution in [0, 0.1) is 0 Å². The van der Waals surface area contributed by atoms with Crippen LogP contribution in [0.5, 0.6) is 5.75 Å². The number of amides is 1. The third kappa shape index (κ3) is 2.82. The van der Waals surface area contributed by atoms with Crippen molar-refractivity contribution in [3.8, 4) is 5.75 Å². The van der Waals surface area contributed by atoms with Crippen LogP contribution in [0.2, 0.25) is 0 Å². The summed E-state index contributed by atoms with van der Waals surface area (Å²) in [5, 5.41) is 9.78. The van der Waals surface area contributed by atoms with Gasteiger partial charge in [0.25, 0.3) is 0 Å². The molecule has 1 fully saturated rings. The Morgan fingerprint density at radius 2 is 2.15 bits per heavy atom. The van der Waals surface area contributed by atoms with Gasteiger partial charge in [-0.15, -0.1) is 0 Å². The number of hydrogen-bond acceptors (Lipinski definition) is 2. The molecule has 0 aromatic heterocycles. The van der Waals surface area contributed by atoms with Crippen LogP contribution >= 0.6 is 0 Å². The average Bonchev–Trinajstić information content (AvgIpc) is 2.59. The van der Waals surface area contributed by atoms with Crippen LogP contribution in [0.25, 0.3) is 0 Å². The van der Waals surface area contributed by atoms with Gasteiger partial charge in [-0.25, -0.2) is 0 Å². The fourth-order valence-electron chi connectivity index (χ4n) is 3.28. The molecule has 0 spiro atoms. The van der Waals surface area contributed by atoms with Gasteiger partial charge in [-0.05, 0) is 37.0 Å². The Kier molecular flexibility index (Phi) is 4.69. The van der Waals surface area contributed by atoms with Gasteiger partial charge in [0.05, 0.1) is 5.41 Å². The van der Waals surface area contributed by atoms with E-state index in [1.54, 1.807) is 12.1 Å². The largest absolute Gasteiger partial charge is 0.508 e. The lowest BCUT2D eigenvalue weighted by atomic mass is 9.72. The summed E-state index contributed by atoms with van der Waals surface area (Å²) in [5.41, 5.74) is 0.532. The highest BCUT2D eigenvalue weighted by molar-refractivity contribution is 5.88. The monoisotopic (exact) mass is 275 g/mol. The molecule has 0 saturated carbocycles. The molecule has 20 heavy (non-hydrogen) atoms. The Bertz CT molecular complexity index is 472. The molecule has 1 amide bonds. The average molecular weight is 275 g/mol. The number of aromatic hydroxyl groups is 1. The van der Waals surface area contributed by atoms with Crippen LogP contribution in [0.1, 0.15) is 51.0 Å². The number of nitrogens with zero attached hydrogens (tertiary/aromatic N) is 1. The first-order valence-corrected chi connectivity index (χ1v) is 7.65. The number of unbranched alkanes of at least 4 members (excludes halogenated alkanes) is 1. The fraction of sp³-hybridized carbons (Fsp3) is 0.588. The summed E-state index contributed by atoms with van der Waals surface area (Å²) in [6.45, 7) is 2.99. The van der Waals surface area contributed by atoms with Gasteiger partial charge in [-0.1, -0.05) is 38.3 Å². The molecule has 1 N–H and O–H groups in total.